The quantitative estimate of drug-likeness (QED) is 0.685. The number of benzene rings is 1. The topological polar surface area (TPSA) is 37.9 Å². The summed E-state index contributed by atoms with van der Waals surface area (Å²) in [6.45, 7) is 2.69. The molecule has 2 aromatic rings. The number of hydrogen-bond donors (Lipinski definition) is 1. The first-order valence-electron chi connectivity index (χ1n) is 4.60. The SMILES string of the molecule is Cc1ccc2c(c1)-c1[nH]ncc1CO2. The van der Waals surface area contributed by atoms with Gasteiger partial charge in [0, 0.05) is 11.1 Å². The van der Waals surface area contributed by atoms with E-state index >= 15 is 0 Å². The second-order valence-corrected chi connectivity index (χ2v) is 3.56. The van der Waals surface area contributed by atoms with Gasteiger partial charge in [0.2, 0.25) is 0 Å². The smallest absolute Gasteiger partial charge is 0.129 e. The lowest BCUT2D eigenvalue weighted by atomic mass is 10.0. The molecule has 3 nitrogen and oxygen atoms in total. The number of hydrogen-bond acceptors (Lipinski definition) is 2. The monoisotopic (exact) mass is 186 g/mol. The average molecular weight is 186 g/mol. The van der Waals surface area contributed by atoms with Crippen LogP contribution in [0.3, 0.4) is 0 Å². The second kappa shape index (κ2) is 2.61. The number of rotatable bonds is 0. The molecule has 0 atom stereocenters. The van der Waals surface area contributed by atoms with Crippen molar-refractivity contribution in [2.75, 3.05) is 0 Å². The molecule has 2 heterocycles. The summed E-state index contributed by atoms with van der Waals surface area (Å²) in [5.74, 6) is 0.937. The van der Waals surface area contributed by atoms with E-state index in [0.717, 1.165) is 22.6 Å². The molecule has 1 aromatic heterocycles. The summed E-state index contributed by atoms with van der Waals surface area (Å²) in [4.78, 5) is 0. The van der Waals surface area contributed by atoms with Crippen molar-refractivity contribution in [2.45, 2.75) is 13.5 Å². The van der Waals surface area contributed by atoms with Crippen LogP contribution in [-0.4, -0.2) is 10.2 Å². The molecule has 0 fully saturated rings. The Morgan fingerprint density at radius 3 is 3.29 bits per heavy atom. The summed E-state index contributed by atoms with van der Waals surface area (Å²) in [6, 6.07) is 6.18. The highest BCUT2D eigenvalue weighted by atomic mass is 16.5. The molecule has 3 heteroatoms. The predicted octanol–water partition coefficient (Wildman–Crippen LogP) is 2.28. The van der Waals surface area contributed by atoms with Gasteiger partial charge in [-0.3, -0.25) is 5.10 Å². The zero-order valence-electron chi connectivity index (χ0n) is 7.87. The fourth-order valence-corrected chi connectivity index (χ4v) is 1.77. The molecular formula is C11H10N2O. The van der Waals surface area contributed by atoms with Crippen LogP contribution in [0, 0.1) is 6.92 Å². The van der Waals surface area contributed by atoms with Crippen LogP contribution >= 0.6 is 0 Å². The number of H-pyrrole nitrogens is 1. The van der Waals surface area contributed by atoms with Gasteiger partial charge in [-0.1, -0.05) is 11.6 Å². The van der Waals surface area contributed by atoms with Gasteiger partial charge in [0.15, 0.2) is 0 Å². The van der Waals surface area contributed by atoms with Gasteiger partial charge in [-0.2, -0.15) is 5.10 Å². The van der Waals surface area contributed by atoms with Crippen LogP contribution < -0.4 is 4.74 Å². The summed E-state index contributed by atoms with van der Waals surface area (Å²) < 4.78 is 5.60. The normalized spacial score (nSPS) is 12.9. The molecule has 0 saturated heterocycles. The maximum atomic E-state index is 5.60. The van der Waals surface area contributed by atoms with Gasteiger partial charge in [0.05, 0.1) is 11.9 Å². The van der Waals surface area contributed by atoms with Gasteiger partial charge in [-0.15, -0.1) is 0 Å². The lowest BCUT2D eigenvalue weighted by molar-refractivity contribution is 0.302. The van der Waals surface area contributed by atoms with E-state index in [1.54, 1.807) is 0 Å². The van der Waals surface area contributed by atoms with Crippen molar-refractivity contribution in [1.29, 1.82) is 0 Å². The van der Waals surface area contributed by atoms with E-state index in [1.165, 1.54) is 5.56 Å². The Bertz CT molecular complexity index is 488. The number of nitrogens with one attached hydrogen (secondary N) is 1. The summed E-state index contributed by atoms with van der Waals surface area (Å²) in [6.07, 6.45) is 1.82. The van der Waals surface area contributed by atoms with E-state index in [2.05, 4.69) is 29.3 Å². The number of aromatic amines is 1. The van der Waals surface area contributed by atoms with Crippen LogP contribution in [-0.2, 0) is 6.61 Å². The summed E-state index contributed by atoms with van der Waals surface area (Å²) in [7, 11) is 0. The first-order chi connectivity index (χ1) is 6.84. The highest BCUT2D eigenvalue weighted by molar-refractivity contribution is 5.72. The van der Waals surface area contributed by atoms with Crippen molar-refractivity contribution in [2.24, 2.45) is 0 Å². The van der Waals surface area contributed by atoms with E-state index in [0.29, 0.717) is 6.61 Å². The first kappa shape index (κ1) is 7.62. The molecule has 0 amide bonds. The van der Waals surface area contributed by atoms with Crippen molar-refractivity contribution in [3.05, 3.63) is 35.5 Å². The van der Waals surface area contributed by atoms with Gasteiger partial charge in [-0.25, -0.2) is 0 Å². The molecule has 70 valence electrons. The number of ether oxygens (including phenoxy) is 1. The molecule has 0 radical (unpaired) electrons. The Labute approximate surface area is 81.7 Å². The van der Waals surface area contributed by atoms with Crippen LogP contribution in [0.5, 0.6) is 5.75 Å². The molecule has 1 aliphatic heterocycles. The van der Waals surface area contributed by atoms with Crippen molar-refractivity contribution < 1.29 is 4.74 Å². The molecular weight excluding hydrogens is 176 g/mol. The third-order valence-electron chi connectivity index (χ3n) is 2.51. The minimum absolute atomic E-state index is 0.613. The van der Waals surface area contributed by atoms with Crippen LogP contribution in [0.15, 0.2) is 24.4 Å². The fraction of sp³-hybridized carbons (Fsp3) is 0.182. The molecule has 14 heavy (non-hydrogen) atoms. The van der Waals surface area contributed by atoms with Crippen molar-refractivity contribution >= 4 is 0 Å². The number of aryl methyl sites for hydroxylation is 1. The summed E-state index contributed by atoms with van der Waals surface area (Å²) in [5, 5.41) is 7.04. The highest BCUT2D eigenvalue weighted by Gasteiger charge is 2.18. The average Bonchev–Trinajstić information content (AvgIpc) is 2.65. The first-order valence-corrected chi connectivity index (χ1v) is 4.60. The number of fused-ring (bicyclic) bond motifs is 3. The highest BCUT2D eigenvalue weighted by Crippen LogP contribution is 2.36. The van der Waals surface area contributed by atoms with Gasteiger partial charge in [0.25, 0.3) is 0 Å². The standard InChI is InChI=1S/C11H10N2O/c1-7-2-3-10-9(4-7)11-8(6-14-10)5-12-13-11/h2-5H,6H2,1H3,(H,12,13). The van der Waals surface area contributed by atoms with Gasteiger partial charge in [-0.05, 0) is 19.1 Å². The Kier molecular flexibility index (Phi) is 1.42. The Hall–Kier alpha value is -1.77. The van der Waals surface area contributed by atoms with Crippen molar-refractivity contribution in [3.8, 4) is 17.0 Å². The van der Waals surface area contributed by atoms with E-state index < -0.39 is 0 Å². The second-order valence-electron chi connectivity index (χ2n) is 3.56. The molecule has 1 N–H and O–H groups in total. The van der Waals surface area contributed by atoms with E-state index in [1.807, 2.05) is 12.3 Å². The lowest BCUT2D eigenvalue weighted by Crippen LogP contribution is -2.03. The molecule has 0 aliphatic carbocycles. The Morgan fingerprint density at radius 2 is 2.36 bits per heavy atom. The lowest BCUT2D eigenvalue weighted by Gasteiger charge is -2.17. The maximum Gasteiger partial charge on any atom is 0.129 e. The summed E-state index contributed by atoms with van der Waals surface area (Å²) in [5.41, 5.74) is 4.57. The van der Waals surface area contributed by atoms with Gasteiger partial charge >= 0.3 is 0 Å². The van der Waals surface area contributed by atoms with Crippen LogP contribution in [0.25, 0.3) is 11.3 Å². The van der Waals surface area contributed by atoms with Crippen molar-refractivity contribution in [3.63, 3.8) is 0 Å². The minimum Gasteiger partial charge on any atom is -0.488 e. The third kappa shape index (κ3) is 0.954. The third-order valence-corrected chi connectivity index (χ3v) is 2.51. The van der Waals surface area contributed by atoms with Crippen molar-refractivity contribution in [1.82, 2.24) is 10.2 Å². The Balaban J connectivity index is 2.28. The van der Waals surface area contributed by atoms with Gasteiger partial charge in [0.1, 0.15) is 12.4 Å². The van der Waals surface area contributed by atoms with Crippen LogP contribution in [0.1, 0.15) is 11.1 Å². The zero-order chi connectivity index (χ0) is 9.54. The van der Waals surface area contributed by atoms with Crippen LogP contribution in [0.4, 0.5) is 0 Å². The molecule has 1 aromatic carbocycles. The minimum atomic E-state index is 0.613. The fourth-order valence-electron chi connectivity index (χ4n) is 1.77. The molecule has 0 spiro atoms. The molecule has 0 unspecified atom stereocenters. The Morgan fingerprint density at radius 1 is 1.43 bits per heavy atom. The zero-order valence-corrected chi connectivity index (χ0v) is 7.87. The van der Waals surface area contributed by atoms with Crippen LogP contribution in [0.2, 0.25) is 0 Å². The molecule has 0 bridgehead atoms. The maximum absolute atomic E-state index is 5.60. The predicted molar refractivity (Wildman–Crippen MR) is 53.1 cm³/mol. The number of aromatic nitrogens is 2. The van der Waals surface area contributed by atoms with Gasteiger partial charge < -0.3 is 4.74 Å². The molecule has 3 rings (SSSR count). The van der Waals surface area contributed by atoms with E-state index in [9.17, 15) is 0 Å². The van der Waals surface area contributed by atoms with E-state index in [-0.39, 0.29) is 0 Å². The summed E-state index contributed by atoms with van der Waals surface area (Å²) >= 11 is 0. The molecule has 1 aliphatic rings. The number of nitrogens with zero attached hydrogens (tertiary/aromatic N) is 1. The molecule has 0 saturated carbocycles. The van der Waals surface area contributed by atoms with E-state index in [4.69, 9.17) is 4.74 Å². The largest absolute Gasteiger partial charge is 0.488 e.